The maximum atomic E-state index is 13.7. The van der Waals surface area contributed by atoms with E-state index in [9.17, 15) is 22.8 Å². The predicted molar refractivity (Wildman–Crippen MR) is 147 cm³/mol. The first kappa shape index (κ1) is 27.8. The molecule has 1 spiro atoms. The van der Waals surface area contributed by atoms with Crippen LogP contribution >= 0.6 is 11.6 Å². The number of nitrogens with zero attached hydrogens (tertiary/aromatic N) is 5. The van der Waals surface area contributed by atoms with Crippen LogP contribution in [-0.2, 0) is 13.2 Å². The second-order valence-corrected chi connectivity index (χ2v) is 11.7. The summed E-state index contributed by atoms with van der Waals surface area (Å²) in [7, 11) is 1.48. The first-order valence-electron chi connectivity index (χ1n) is 13.8. The Morgan fingerprint density at radius 2 is 1.83 bits per heavy atom. The first-order chi connectivity index (χ1) is 19.5. The second kappa shape index (κ2) is 10.5. The SMILES string of the molecule is Cn1c(-c2cn(C3CC3)nc2C(F)(F)F)cnc1C(=O)Nc1ccc(C(=O)N2CCC3(CCNCC3)CC2)c(Cl)c1. The van der Waals surface area contributed by atoms with E-state index in [2.05, 4.69) is 20.7 Å². The van der Waals surface area contributed by atoms with Crippen molar-refractivity contribution in [2.45, 2.75) is 50.7 Å². The van der Waals surface area contributed by atoms with E-state index < -0.39 is 17.8 Å². The third-order valence-electron chi connectivity index (χ3n) is 8.62. The Hall–Kier alpha value is -3.38. The molecule has 13 heteroatoms. The third kappa shape index (κ3) is 5.46. The number of anilines is 1. The van der Waals surface area contributed by atoms with Crippen LogP contribution in [0.1, 0.15) is 71.2 Å². The predicted octanol–water partition coefficient (Wildman–Crippen LogP) is 5.15. The van der Waals surface area contributed by atoms with Gasteiger partial charge in [-0.25, -0.2) is 4.98 Å². The summed E-state index contributed by atoms with van der Waals surface area (Å²) in [4.78, 5) is 32.2. The molecule has 0 radical (unpaired) electrons. The molecule has 2 aromatic heterocycles. The zero-order valence-electron chi connectivity index (χ0n) is 22.6. The van der Waals surface area contributed by atoms with Crippen molar-refractivity contribution in [1.29, 1.82) is 0 Å². The van der Waals surface area contributed by atoms with Crippen LogP contribution in [0.5, 0.6) is 0 Å². The van der Waals surface area contributed by atoms with Gasteiger partial charge in [-0.2, -0.15) is 18.3 Å². The summed E-state index contributed by atoms with van der Waals surface area (Å²) in [6.07, 6.45) is 3.73. The van der Waals surface area contributed by atoms with Crippen molar-refractivity contribution in [2.24, 2.45) is 12.5 Å². The molecule has 1 aliphatic carbocycles. The molecule has 6 rings (SSSR count). The van der Waals surface area contributed by atoms with Gasteiger partial charge in [0.2, 0.25) is 0 Å². The molecule has 9 nitrogen and oxygen atoms in total. The van der Waals surface area contributed by atoms with Gasteiger partial charge < -0.3 is 20.1 Å². The number of hydrogen-bond acceptors (Lipinski definition) is 5. The number of aromatic nitrogens is 4. The fourth-order valence-electron chi connectivity index (χ4n) is 5.95. The molecule has 0 unspecified atom stereocenters. The number of carbonyl (C=O) groups excluding carboxylic acids is 2. The minimum atomic E-state index is -4.65. The van der Waals surface area contributed by atoms with E-state index in [1.807, 2.05) is 4.90 Å². The van der Waals surface area contributed by atoms with E-state index in [0.717, 1.165) is 51.6 Å². The minimum Gasteiger partial charge on any atom is -0.339 e. The highest BCUT2D eigenvalue weighted by atomic mass is 35.5. The zero-order valence-corrected chi connectivity index (χ0v) is 23.4. The molecular formula is C28H31ClF3N7O2. The highest BCUT2D eigenvalue weighted by molar-refractivity contribution is 6.34. The molecular weight excluding hydrogens is 559 g/mol. The summed E-state index contributed by atoms with van der Waals surface area (Å²) in [5, 5.41) is 10.1. The summed E-state index contributed by atoms with van der Waals surface area (Å²) >= 11 is 6.48. The second-order valence-electron chi connectivity index (χ2n) is 11.3. The summed E-state index contributed by atoms with van der Waals surface area (Å²) in [6, 6.07) is 4.62. The molecule has 3 aliphatic rings. The van der Waals surface area contributed by atoms with Crippen molar-refractivity contribution in [3.63, 3.8) is 0 Å². The molecule has 0 bridgehead atoms. The molecule has 1 saturated carbocycles. The molecule has 0 atom stereocenters. The van der Waals surface area contributed by atoms with Gasteiger partial charge >= 0.3 is 6.18 Å². The van der Waals surface area contributed by atoms with E-state index in [1.165, 1.54) is 34.8 Å². The van der Waals surface area contributed by atoms with E-state index in [0.29, 0.717) is 29.8 Å². The van der Waals surface area contributed by atoms with Crippen molar-refractivity contribution in [1.82, 2.24) is 29.5 Å². The molecule has 2 N–H and O–H groups in total. The quantitative estimate of drug-likeness (QED) is 0.429. The molecule has 4 heterocycles. The lowest BCUT2D eigenvalue weighted by molar-refractivity contribution is -0.141. The van der Waals surface area contributed by atoms with Crippen LogP contribution in [0, 0.1) is 5.41 Å². The smallest absolute Gasteiger partial charge is 0.339 e. The number of carbonyl (C=O) groups is 2. The van der Waals surface area contributed by atoms with Crippen molar-refractivity contribution < 1.29 is 22.8 Å². The number of likely N-dealkylation sites (tertiary alicyclic amines) is 1. The van der Waals surface area contributed by atoms with Gasteiger partial charge in [-0.3, -0.25) is 14.3 Å². The Morgan fingerprint density at radius 3 is 2.46 bits per heavy atom. The first-order valence-corrected chi connectivity index (χ1v) is 14.2. The fourth-order valence-corrected chi connectivity index (χ4v) is 6.21. The number of benzene rings is 1. The minimum absolute atomic E-state index is 0.0403. The largest absolute Gasteiger partial charge is 0.435 e. The van der Waals surface area contributed by atoms with Crippen LogP contribution in [0.25, 0.3) is 11.3 Å². The summed E-state index contributed by atoms with van der Waals surface area (Å²) in [5.74, 6) is -0.846. The topological polar surface area (TPSA) is 97.1 Å². The molecule has 218 valence electrons. The average Bonchev–Trinajstić information content (AvgIpc) is 3.56. The van der Waals surface area contributed by atoms with Gasteiger partial charge in [0.25, 0.3) is 11.8 Å². The normalized spacial score (nSPS) is 19.0. The van der Waals surface area contributed by atoms with Gasteiger partial charge in [0, 0.05) is 32.0 Å². The average molecular weight is 590 g/mol. The van der Waals surface area contributed by atoms with Crippen LogP contribution in [0.2, 0.25) is 5.02 Å². The zero-order chi connectivity index (χ0) is 28.9. The fraction of sp³-hybridized carbons (Fsp3) is 0.500. The van der Waals surface area contributed by atoms with Crippen molar-refractivity contribution in [2.75, 3.05) is 31.5 Å². The lowest BCUT2D eigenvalue weighted by atomic mass is 9.71. The monoisotopic (exact) mass is 589 g/mol. The van der Waals surface area contributed by atoms with Crippen molar-refractivity contribution in [3.8, 4) is 11.3 Å². The van der Waals surface area contributed by atoms with Gasteiger partial charge in [-0.05, 0) is 75.2 Å². The van der Waals surface area contributed by atoms with Crippen molar-refractivity contribution >= 4 is 29.1 Å². The van der Waals surface area contributed by atoms with Crippen LogP contribution in [0.3, 0.4) is 0 Å². The van der Waals surface area contributed by atoms with Gasteiger partial charge in [-0.15, -0.1) is 0 Å². The number of alkyl halides is 3. The van der Waals surface area contributed by atoms with E-state index >= 15 is 0 Å². The Kier molecular flexibility index (Phi) is 7.09. The molecule has 1 aromatic carbocycles. The van der Waals surface area contributed by atoms with Crippen LogP contribution < -0.4 is 10.6 Å². The summed E-state index contributed by atoms with van der Waals surface area (Å²) < 4.78 is 43.8. The van der Waals surface area contributed by atoms with E-state index in [-0.39, 0.29) is 34.1 Å². The summed E-state index contributed by atoms with van der Waals surface area (Å²) in [5.41, 5.74) is 0.000377. The molecule has 3 aromatic rings. The molecule has 2 amide bonds. The van der Waals surface area contributed by atoms with Gasteiger partial charge in [0.1, 0.15) is 0 Å². The van der Waals surface area contributed by atoms with Crippen molar-refractivity contribution in [3.05, 3.63) is 52.7 Å². The number of halogens is 4. The lowest BCUT2D eigenvalue weighted by Gasteiger charge is -2.44. The van der Waals surface area contributed by atoms with Gasteiger partial charge in [-0.1, -0.05) is 11.6 Å². The Balaban J connectivity index is 1.15. The highest BCUT2D eigenvalue weighted by Gasteiger charge is 2.40. The Labute approximate surface area is 240 Å². The number of nitrogens with one attached hydrogen (secondary N) is 2. The Morgan fingerprint density at radius 1 is 1.12 bits per heavy atom. The maximum absolute atomic E-state index is 13.7. The lowest BCUT2D eigenvalue weighted by Crippen LogP contribution is -2.47. The molecule has 3 fully saturated rings. The number of amides is 2. The van der Waals surface area contributed by atoms with Crippen LogP contribution in [0.4, 0.5) is 18.9 Å². The number of rotatable bonds is 5. The molecule has 2 saturated heterocycles. The number of piperidine rings is 2. The van der Waals surface area contributed by atoms with E-state index in [1.54, 1.807) is 12.1 Å². The Bertz CT molecular complexity index is 1480. The highest BCUT2D eigenvalue weighted by Crippen LogP contribution is 2.42. The standard InChI is InChI=1S/C28H31ClF3N7O2/c1-37-22(20-16-39(18-3-4-18)36-23(20)28(30,31)32)15-34-24(37)25(40)35-17-2-5-19(21(29)14-17)26(41)38-12-8-27(9-13-38)6-10-33-11-7-27/h2,5,14-16,18,33H,3-4,6-13H2,1H3,(H,35,40). The maximum Gasteiger partial charge on any atom is 0.435 e. The molecule has 41 heavy (non-hydrogen) atoms. The van der Waals surface area contributed by atoms with Crippen LogP contribution in [0.15, 0.2) is 30.6 Å². The number of hydrogen-bond donors (Lipinski definition) is 2. The number of imidazole rings is 1. The van der Waals surface area contributed by atoms with E-state index in [4.69, 9.17) is 11.6 Å². The third-order valence-corrected chi connectivity index (χ3v) is 8.93. The van der Waals surface area contributed by atoms with Gasteiger partial charge in [0.15, 0.2) is 11.5 Å². The summed E-state index contributed by atoms with van der Waals surface area (Å²) in [6.45, 7) is 3.41. The molecule has 2 aliphatic heterocycles. The van der Waals surface area contributed by atoms with Crippen LogP contribution in [-0.4, -0.2) is 62.2 Å². The van der Waals surface area contributed by atoms with Gasteiger partial charge in [0.05, 0.1) is 34.1 Å².